The number of ether oxygens (including phenoxy) is 1. The van der Waals surface area contributed by atoms with E-state index in [-0.39, 0.29) is 6.61 Å². The fraction of sp³-hybridized carbons (Fsp3) is 0.471. The number of hydrogen-bond donors (Lipinski definition) is 2. The van der Waals surface area contributed by atoms with Crippen LogP contribution < -0.4 is 15.8 Å². The third-order valence-corrected chi connectivity index (χ3v) is 4.16. The summed E-state index contributed by atoms with van der Waals surface area (Å²) in [5, 5.41) is 0.435. The second kappa shape index (κ2) is 9.40. The monoisotopic (exact) mass is 382 g/mol. The van der Waals surface area contributed by atoms with Crippen molar-refractivity contribution in [3.05, 3.63) is 28.8 Å². The number of likely N-dealkylation sites (N-methyl/N-ethyl adjacent to an activating group) is 1. The molecule has 1 aromatic carbocycles. The van der Waals surface area contributed by atoms with Crippen LogP contribution in [0.3, 0.4) is 0 Å². The fourth-order valence-corrected chi connectivity index (χ4v) is 2.77. The number of benzene rings is 1. The molecule has 2 N–H and O–H groups in total. The maximum absolute atomic E-state index is 12.3. The Hall–Kier alpha value is -2.32. The van der Waals surface area contributed by atoms with Crippen LogP contribution in [0.4, 0.5) is 5.69 Å². The van der Waals surface area contributed by atoms with Gasteiger partial charge in [-0.2, -0.15) is 0 Å². The standard InChI is InChI=1S/C17H23ClN4O4/c1-3-26-16(24)11-15(23)19-20-17(25)12-8-13(18)10-14(9-12)22-6-4-21(2)5-7-22/h8-10H,3-7,11H2,1-2H3,(H,19,23)(H,20,25). The molecule has 1 fully saturated rings. The second-order valence-electron chi connectivity index (χ2n) is 5.97. The number of anilines is 1. The molecule has 0 aromatic heterocycles. The van der Waals surface area contributed by atoms with Gasteiger partial charge in [-0.15, -0.1) is 0 Å². The third-order valence-electron chi connectivity index (χ3n) is 3.94. The van der Waals surface area contributed by atoms with Crippen LogP contribution in [0.5, 0.6) is 0 Å². The number of carbonyl (C=O) groups is 3. The molecule has 9 heteroatoms. The van der Waals surface area contributed by atoms with Gasteiger partial charge in [-0.05, 0) is 32.2 Å². The Bertz CT molecular complexity index is 675. The van der Waals surface area contributed by atoms with E-state index in [4.69, 9.17) is 11.6 Å². The lowest BCUT2D eigenvalue weighted by Gasteiger charge is -2.34. The van der Waals surface area contributed by atoms with Crippen LogP contribution >= 0.6 is 11.6 Å². The lowest BCUT2D eigenvalue weighted by Crippen LogP contribution is -2.44. The van der Waals surface area contributed by atoms with Gasteiger partial charge in [0.05, 0.1) is 6.61 Å². The van der Waals surface area contributed by atoms with Gasteiger partial charge in [0.2, 0.25) is 5.91 Å². The number of piperazine rings is 1. The van der Waals surface area contributed by atoms with Crippen LogP contribution in [-0.2, 0) is 14.3 Å². The Kier molecular flexibility index (Phi) is 7.23. The number of carbonyl (C=O) groups excluding carboxylic acids is 3. The molecule has 142 valence electrons. The lowest BCUT2D eigenvalue weighted by molar-refractivity contribution is -0.146. The fourth-order valence-electron chi connectivity index (χ4n) is 2.54. The topological polar surface area (TPSA) is 91.0 Å². The molecule has 0 saturated carbocycles. The van der Waals surface area contributed by atoms with Crippen LogP contribution in [0.2, 0.25) is 5.02 Å². The summed E-state index contributed by atoms with van der Waals surface area (Å²) in [5.74, 6) is -1.82. The summed E-state index contributed by atoms with van der Waals surface area (Å²) < 4.78 is 4.67. The van der Waals surface area contributed by atoms with Crippen molar-refractivity contribution in [3.8, 4) is 0 Å². The number of nitrogens with one attached hydrogen (secondary N) is 2. The minimum absolute atomic E-state index is 0.191. The highest BCUT2D eigenvalue weighted by Gasteiger charge is 2.17. The first-order chi connectivity index (χ1) is 12.4. The van der Waals surface area contributed by atoms with Crippen LogP contribution in [-0.4, -0.2) is 62.5 Å². The molecule has 0 atom stereocenters. The molecule has 1 aliphatic heterocycles. The summed E-state index contributed by atoms with van der Waals surface area (Å²) in [6.07, 6.45) is -0.462. The SMILES string of the molecule is CCOC(=O)CC(=O)NNC(=O)c1cc(Cl)cc(N2CCN(C)CC2)c1. The van der Waals surface area contributed by atoms with Crippen LogP contribution in [0.1, 0.15) is 23.7 Å². The highest BCUT2D eigenvalue weighted by atomic mass is 35.5. The predicted molar refractivity (Wildman–Crippen MR) is 98.0 cm³/mol. The first-order valence-electron chi connectivity index (χ1n) is 8.38. The number of hydrazine groups is 1. The summed E-state index contributed by atoms with van der Waals surface area (Å²) >= 11 is 6.14. The van der Waals surface area contributed by atoms with Crippen LogP contribution in [0, 0.1) is 0 Å². The normalized spacial score (nSPS) is 14.7. The predicted octanol–water partition coefficient (Wildman–Crippen LogP) is 0.806. The molecule has 0 spiro atoms. The van der Waals surface area contributed by atoms with Crippen molar-refractivity contribution < 1.29 is 19.1 Å². The Morgan fingerprint density at radius 3 is 2.46 bits per heavy atom. The summed E-state index contributed by atoms with van der Waals surface area (Å²) in [6.45, 7) is 5.38. The van der Waals surface area contributed by atoms with Crippen molar-refractivity contribution in [1.29, 1.82) is 0 Å². The van der Waals surface area contributed by atoms with Crippen molar-refractivity contribution in [2.75, 3.05) is 44.7 Å². The zero-order chi connectivity index (χ0) is 19.1. The highest BCUT2D eigenvalue weighted by Crippen LogP contribution is 2.23. The number of nitrogens with zero attached hydrogens (tertiary/aromatic N) is 2. The molecule has 1 heterocycles. The number of halogens is 1. The van der Waals surface area contributed by atoms with E-state index in [0.29, 0.717) is 10.6 Å². The van der Waals surface area contributed by atoms with E-state index >= 15 is 0 Å². The average molecular weight is 383 g/mol. The number of esters is 1. The molecule has 8 nitrogen and oxygen atoms in total. The molecule has 0 aliphatic carbocycles. The minimum Gasteiger partial charge on any atom is -0.466 e. The molecule has 1 aromatic rings. The van der Waals surface area contributed by atoms with Crippen molar-refractivity contribution in [2.24, 2.45) is 0 Å². The van der Waals surface area contributed by atoms with Gasteiger partial charge >= 0.3 is 5.97 Å². The first kappa shape index (κ1) is 20.0. The van der Waals surface area contributed by atoms with Gasteiger partial charge in [-0.1, -0.05) is 11.6 Å². The third kappa shape index (κ3) is 5.89. The van der Waals surface area contributed by atoms with Crippen molar-refractivity contribution in [3.63, 3.8) is 0 Å². The molecule has 26 heavy (non-hydrogen) atoms. The maximum Gasteiger partial charge on any atom is 0.315 e. The molecular formula is C17H23ClN4O4. The summed E-state index contributed by atoms with van der Waals surface area (Å²) in [6, 6.07) is 5.06. The van der Waals surface area contributed by atoms with E-state index < -0.39 is 24.2 Å². The van der Waals surface area contributed by atoms with Gasteiger partial charge in [0.15, 0.2) is 0 Å². The zero-order valence-corrected chi connectivity index (χ0v) is 15.6. The minimum atomic E-state index is -0.655. The van der Waals surface area contributed by atoms with Gasteiger partial charge in [-0.3, -0.25) is 25.2 Å². The smallest absolute Gasteiger partial charge is 0.315 e. The van der Waals surface area contributed by atoms with E-state index in [1.165, 1.54) is 6.07 Å². The van der Waals surface area contributed by atoms with Gasteiger partial charge in [0.25, 0.3) is 5.91 Å². The van der Waals surface area contributed by atoms with E-state index in [1.807, 2.05) is 6.07 Å². The van der Waals surface area contributed by atoms with E-state index in [1.54, 1.807) is 13.0 Å². The Labute approximate surface area is 157 Å². The molecular weight excluding hydrogens is 360 g/mol. The largest absolute Gasteiger partial charge is 0.466 e. The molecule has 1 saturated heterocycles. The molecule has 2 rings (SSSR count). The van der Waals surface area contributed by atoms with Crippen molar-refractivity contribution in [1.82, 2.24) is 15.8 Å². The molecule has 2 amide bonds. The molecule has 0 unspecified atom stereocenters. The average Bonchev–Trinajstić information content (AvgIpc) is 2.60. The van der Waals surface area contributed by atoms with E-state index in [0.717, 1.165) is 31.9 Å². The summed E-state index contributed by atoms with van der Waals surface area (Å²) in [4.78, 5) is 39.5. The van der Waals surface area contributed by atoms with Gasteiger partial charge in [0.1, 0.15) is 6.42 Å². The van der Waals surface area contributed by atoms with E-state index in [9.17, 15) is 14.4 Å². The Balaban J connectivity index is 1.96. The quantitative estimate of drug-likeness (QED) is 0.445. The summed E-state index contributed by atoms with van der Waals surface area (Å²) in [7, 11) is 2.06. The summed E-state index contributed by atoms with van der Waals surface area (Å²) in [5.41, 5.74) is 5.65. The lowest BCUT2D eigenvalue weighted by atomic mass is 10.1. The van der Waals surface area contributed by atoms with Crippen molar-refractivity contribution >= 4 is 35.1 Å². The van der Waals surface area contributed by atoms with Crippen LogP contribution in [0.25, 0.3) is 0 Å². The number of hydrogen-bond acceptors (Lipinski definition) is 6. The second-order valence-corrected chi connectivity index (χ2v) is 6.41. The number of rotatable bonds is 5. The molecule has 1 aliphatic rings. The maximum atomic E-state index is 12.3. The van der Waals surface area contributed by atoms with Crippen LogP contribution in [0.15, 0.2) is 18.2 Å². The molecule has 0 radical (unpaired) electrons. The highest BCUT2D eigenvalue weighted by molar-refractivity contribution is 6.31. The van der Waals surface area contributed by atoms with Gasteiger partial charge in [0, 0.05) is 42.5 Å². The van der Waals surface area contributed by atoms with Gasteiger partial charge in [-0.25, -0.2) is 0 Å². The zero-order valence-electron chi connectivity index (χ0n) is 14.9. The van der Waals surface area contributed by atoms with Crippen molar-refractivity contribution in [2.45, 2.75) is 13.3 Å². The Morgan fingerprint density at radius 2 is 1.81 bits per heavy atom. The molecule has 0 bridgehead atoms. The van der Waals surface area contributed by atoms with Gasteiger partial charge < -0.3 is 14.5 Å². The van der Waals surface area contributed by atoms with E-state index in [2.05, 4.69) is 32.4 Å². The Morgan fingerprint density at radius 1 is 1.12 bits per heavy atom. The number of amides is 2. The first-order valence-corrected chi connectivity index (χ1v) is 8.75.